The predicted molar refractivity (Wildman–Crippen MR) is 146 cm³/mol. The molecule has 1 fully saturated rings. The Kier molecular flexibility index (Phi) is 9.55. The van der Waals surface area contributed by atoms with Crippen LogP contribution in [0.2, 0.25) is 0 Å². The lowest BCUT2D eigenvalue weighted by Crippen LogP contribution is -2.26. The SMILES string of the molecule is C=C(CCCN(CCC)C(=C)c1ccc(N2CCC(C(C)O)C2)cc1)NC(=O)c1ccccc1C. The maximum Gasteiger partial charge on any atom is 0.255 e. The maximum absolute atomic E-state index is 12.5. The Morgan fingerprint density at radius 1 is 1.17 bits per heavy atom. The summed E-state index contributed by atoms with van der Waals surface area (Å²) in [5.74, 6) is 0.252. The third-order valence-corrected chi connectivity index (χ3v) is 6.93. The molecule has 2 aromatic carbocycles. The Labute approximate surface area is 211 Å². The van der Waals surface area contributed by atoms with Gasteiger partial charge in [0.2, 0.25) is 0 Å². The van der Waals surface area contributed by atoms with Crippen molar-refractivity contribution in [1.29, 1.82) is 0 Å². The van der Waals surface area contributed by atoms with Crippen LogP contribution in [0.3, 0.4) is 0 Å². The molecule has 0 aliphatic carbocycles. The second-order valence-corrected chi connectivity index (χ2v) is 9.69. The average Bonchev–Trinajstić information content (AvgIpc) is 3.34. The molecule has 3 rings (SSSR count). The van der Waals surface area contributed by atoms with Crippen molar-refractivity contribution in [2.24, 2.45) is 5.92 Å². The molecule has 5 heteroatoms. The van der Waals surface area contributed by atoms with Crippen LogP contribution in [0.1, 0.15) is 61.0 Å². The van der Waals surface area contributed by atoms with Crippen LogP contribution in [0.4, 0.5) is 5.69 Å². The summed E-state index contributed by atoms with van der Waals surface area (Å²) in [6.45, 7) is 18.1. The first-order valence-corrected chi connectivity index (χ1v) is 12.8. The summed E-state index contributed by atoms with van der Waals surface area (Å²) >= 11 is 0. The molecule has 2 aromatic rings. The molecule has 5 nitrogen and oxygen atoms in total. The number of amides is 1. The highest BCUT2D eigenvalue weighted by molar-refractivity contribution is 5.96. The average molecular weight is 476 g/mol. The van der Waals surface area contributed by atoms with E-state index in [0.29, 0.717) is 11.5 Å². The lowest BCUT2D eigenvalue weighted by Gasteiger charge is -2.27. The second kappa shape index (κ2) is 12.6. The van der Waals surface area contributed by atoms with Crippen LogP contribution in [0, 0.1) is 12.8 Å². The number of carbonyl (C=O) groups is 1. The molecule has 188 valence electrons. The standard InChI is InChI=1S/C30H41N3O2/c1-6-18-32(19-9-11-23(3)31-30(35)29-12-8-7-10-22(29)2)24(4)26-13-15-28(16-14-26)33-20-17-27(21-33)25(5)34/h7-8,10,12-16,25,27,34H,3-4,6,9,11,17-21H2,1-2,5H3,(H,31,35). The van der Waals surface area contributed by atoms with Crippen molar-refractivity contribution in [3.63, 3.8) is 0 Å². The van der Waals surface area contributed by atoms with Gasteiger partial charge >= 0.3 is 0 Å². The van der Waals surface area contributed by atoms with Gasteiger partial charge < -0.3 is 20.2 Å². The van der Waals surface area contributed by atoms with E-state index in [4.69, 9.17) is 0 Å². The number of rotatable bonds is 12. The van der Waals surface area contributed by atoms with E-state index < -0.39 is 0 Å². The van der Waals surface area contributed by atoms with E-state index in [-0.39, 0.29) is 12.0 Å². The number of nitrogens with one attached hydrogen (secondary N) is 1. The normalized spacial score (nSPS) is 16.1. The fourth-order valence-corrected chi connectivity index (χ4v) is 4.72. The Hall–Kier alpha value is -3.05. The Morgan fingerprint density at radius 3 is 2.51 bits per heavy atom. The molecule has 2 unspecified atom stereocenters. The van der Waals surface area contributed by atoms with Crippen LogP contribution >= 0.6 is 0 Å². The van der Waals surface area contributed by atoms with Crippen molar-refractivity contribution in [2.75, 3.05) is 31.1 Å². The third-order valence-electron chi connectivity index (χ3n) is 6.93. The fourth-order valence-electron chi connectivity index (χ4n) is 4.72. The molecule has 1 aliphatic rings. The summed E-state index contributed by atoms with van der Waals surface area (Å²) in [5, 5.41) is 12.8. The predicted octanol–water partition coefficient (Wildman–Crippen LogP) is 5.61. The Morgan fingerprint density at radius 2 is 1.89 bits per heavy atom. The van der Waals surface area contributed by atoms with Crippen LogP contribution in [-0.4, -0.2) is 48.2 Å². The highest BCUT2D eigenvalue weighted by Crippen LogP contribution is 2.28. The molecule has 0 spiro atoms. The number of aliphatic hydroxyl groups is 1. The zero-order valence-electron chi connectivity index (χ0n) is 21.6. The number of nitrogens with zero attached hydrogens (tertiary/aromatic N) is 2. The van der Waals surface area contributed by atoms with E-state index in [9.17, 15) is 9.90 Å². The fraction of sp³-hybridized carbons (Fsp3) is 0.433. The maximum atomic E-state index is 12.5. The lowest BCUT2D eigenvalue weighted by molar-refractivity contribution is 0.0964. The number of hydrogen-bond donors (Lipinski definition) is 2. The van der Waals surface area contributed by atoms with Crippen LogP contribution in [0.25, 0.3) is 5.70 Å². The van der Waals surface area contributed by atoms with Gasteiger partial charge in [-0.2, -0.15) is 0 Å². The number of aliphatic hydroxyl groups excluding tert-OH is 1. The van der Waals surface area contributed by atoms with E-state index in [1.807, 2.05) is 38.1 Å². The van der Waals surface area contributed by atoms with Crippen LogP contribution in [0.15, 0.2) is 67.4 Å². The van der Waals surface area contributed by atoms with Crippen molar-refractivity contribution in [2.45, 2.75) is 52.6 Å². The third kappa shape index (κ3) is 7.22. The molecular weight excluding hydrogens is 434 g/mol. The minimum absolute atomic E-state index is 0.0965. The van der Waals surface area contributed by atoms with Crippen molar-refractivity contribution in [3.8, 4) is 0 Å². The van der Waals surface area contributed by atoms with Gasteiger partial charge in [-0.3, -0.25) is 4.79 Å². The van der Waals surface area contributed by atoms with Crippen LogP contribution in [0.5, 0.6) is 0 Å². The summed E-state index contributed by atoms with van der Waals surface area (Å²) in [6, 6.07) is 16.2. The quantitative estimate of drug-likeness (QED) is 0.419. The largest absolute Gasteiger partial charge is 0.393 e. The van der Waals surface area contributed by atoms with Crippen LogP contribution < -0.4 is 10.2 Å². The van der Waals surface area contributed by atoms with Gasteiger partial charge in [0.25, 0.3) is 5.91 Å². The second-order valence-electron chi connectivity index (χ2n) is 9.69. The van der Waals surface area contributed by atoms with E-state index in [2.05, 4.69) is 59.5 Å². The van der Waals surface area contributed by atoms with Gasteiger partial charge in [-0.15, -0.1) is 0 Å². The zero-order chi connectivity index (χ0) is 25.4. The number of anilines is 1. The summed E-state index contributed by atoms with van der Waals surface area (Å²) in [5.41, 5.74) is 5.74. The molecule has 35 heavy (non-hydrogen) atoms. The number of aryl methyl sites for hydroxylation is 1. The van der Waals surface area contributed by atoms with Gasteiger partial charge in [0.15, 0.2) is 0 Å². The molecule has 0 radical (unpaired) electrons. The Bertz CT molecular complexity index is 1010. The van der Waals surface area contributed by atoms with Crippen molar-refractivity contribution in [3.05, 3.63) is 84.1 Å². The number of benzene rings is 2. The van der Waals surface area contributed by atoms with E-state index in [1.54, 1.807) is 0 Å². The molecule has 0 saturated carbocycles. The molecule has 1 saturated heterocycles. The number of hydrogen-bond acceptors (Lipinski definition) is 4. The summed E-state index contributed by atoms with van der Waals surface area (Å²) < 4.78 is 0. The van der Waals surface area contributed by atoms with E-state index in [1.165, 1.54) is 5.69 Å². The molecule has 2 N–H and O–H groups in total. The first-order chi connectivity index (χ1) is 16.8. The molecule has 1 aliphatic heterocycles. The number of carbonyl (C=O) groups excluding carboxylic acids is 1. The van der Waals surface area contributed by atoms with E-state index >= 15 is 0 Å². The zero-order valence-corrected chi connectivity index (χ0v) is 21.6. The van der Waals surface area contributed by atoms with Crippen molar-refractivity contribution < 1.29 is 9.90 Å². The summed E-state index contributed by atoms with van der Waals surface area (Å²) in [4.78, 5) is 17.2. The number of allylic oxidation sites excluding steroid dienone is 1. The molecule has 2 atom stereocenters. The topological polar surface area (TPSA) is 55.8 Å². The lowest BCUT2D eigenvalue weighted by atomic mass is 10.0. The molecular formula is C30H41N3O2. The van der Waals surface area contributed by atoms with Gasteiger partial charge in [0.05, 0.1) is 6.10 Å². The highest BCUT2D eigenvalue weighted by atomic mass is 16.3. The van der Waals surface area contributed by atoms with Gasteiger partial charge in [0.1, 0.15) is 0 Å². The molecule has 0 aromatic heterocycles. The van der Waals surface area contributed by atoms with Gasteiger partial charge in [0, 0.05) is 54.7 Å². The van der Waals surface area contributed by atoms with Gasteiger partial charge in [-0.1, -0.05) is 50.4 Å². The van der Waals surface area contributed by atoms with Crippen LogP contribution in [-0.2, 0) is 0 Å². The molecule has 1 amide bonds. The van der Waals surface area contributed by atoms with E-state index in [0.717, 1.165) is 74.4 Å². The highest BCUT2D eigenvalue weighted by Gasteiger charge is 2.26. The molecule has 0 bridgehead atoms. The Balaban J connectivity index is 1.51. The first-order valence-electron chi connectivity index (χ1n) is 12.8. The van der Waals surface area contributed by atoms with Gasteiger partial charge in [-0.25, -0.2) is 0 Å². The van der Waals surface area contributed by atoms with Crippen molar-refractivity contribution >= 4 is 17.3 Å². The smallest absolute Gasteiger partial charge is 0.255 e. The summed E-state index contributed by atoms with van der Waals surface area (Å²) in [6.07, 6.45) is 3.43. The minimum Gasteiger partial charge on any atom is -0.393 e. The van der Waals surface area contributed by atoms with Gasteiger partial charge in [-0.05, 0) is 68.9 Å². The minimum atomic E-state index is -0.256. The summed E-state index contributed by atoms with van der Waals surface area (Å²) in [7, 11) is 0. The van der Waals surface area contributed by atoms with Crippen molar-refractivity contribution in [1.82, 2.24) is 10.2 Å². The first kappa shape index (κ1) is 26.6. The molecule has 1 heterocycles. The monoisotopic (exact) mass is 475 g/mol.